The van der Waals surface area contributed by atoms with E-state index in [9.17, 15) is 18.8 Å². The van der Waals surface area contributed by atoms with Crippen LogP contribution in [-0.2, 0) is 14.3 Å². The Kier molecular flexibility index (Phi) is 7.53. The van der Waals surface area contributed by atoms with Gasteiger partial charge in [0.25, 0.3) is 11.8 Å². The third kappa shape index (κ3) is 5.91. The number of para-hydroxylation sites is 1. The molecule has 0 aliphatic rings. The Morgan fingerprint density at radius 3 is 2.25 bits per heavy atom. The van der Waals surface area contributed by atoms with Gasteiger partial charge in [0.2, 0.25) is 6.10 Å². The van der Waals surface area contributed by atoms with Gasteiger partial charge in [-0.3, -0.25) is 14.4 Å². The quantitative estimate of drug-likeness (QED) is 0.528. The van der Waals surface area contributed by atoms with E-state index in [0.717, 1.165) is 0 Å². The number of hydrogen-bond acceptors (Lipinski definition) is 5. The first kappa shape index (κ1) is 22.5. The zero-order valence-corrected chi connectivity index (χ0v) is 17.2. The molecule has 2 amide bonds. The first-order chi connectivity index (χ1) is 15.5. The summed E-state index contributed by atoms with van der Waals surface area (Å²) in [4.78, 5) is 37.6. The van der Waals surface area contributed by atoms with Crippen molar-refractivity contribution in [3.05, 3.63) is 95.8 Å². The predicted octanol–water partition coefficient (Wildman–Crippen LogP) is 3.49. The van der Waals surface area contributed by atoms with Gasteiger partial charge in [-0.1, -0.05) is 42.5 Å². The lowest BCUT2D eigenvalue weighted by Gasteiger charge is -2.18. The second-order valence-corrected chi connectivity index (χ2v) is 6.66. The minimum absolute atomic E-state index is 0.261. The molecule has 8 heteroatoms. The molecule has 0 spiro atoms. The molecule has 0 bridgehead atoms. The molecule has 3 aromatic carbocycles. The fourth-order valence-corrected chi connectivity index (χ4v) is 2.89. The molecule has 164 valence electrons. The van der Waals surface area contributed by atoms with Crippen LogP contribution in [0.5, 0.6) is 5.75 Å². The van der Waals surface area contributed by atoms with Crippen molar-refractivity contribution in [1.82, 2.24) is 5.32 Å². The van der Waals surface area contributed by atoms with Crippen molar-refractivity contribution in [3.8, 4) is 5.75 Å². The molecule has 0 aliphatic carbocycles. The standard InChI is InChI=1S/C24H21FN2O5/c1-31-20-10-6-5-9-19(20)23(29)26-15-21(28)32-22(16-7-3-2-4-8-16)24(30)27-18-13-11-17(25)12-14-18/h2-14,22H,15H2,1H3,(H,26,29)(H,27,30). The van der Waals surface area contributed by atoms with Crippen LogP contribution in [0.3, 0.4) is 0 Å². The highest BCUT2D eigenvalue weighted by Crippen LogP contribution is 2.21. The van der Waals surface area contributed by atoms with Gasteiger partial charge >= 0.3 is 5.97 Å². The molecule has 1 unspecified atom stereocenters. The number of anilines is 1. The summed E-state index contributed by atoms with van der Waals surface area (Å²) < 4.78 is 23.6. The zero-order valence-electron chi connectivity index (χ0n) is 17.2. The minimum atomic E-state index is -1.27. The molecule has 0 radical (unpaired) electrons. The van der Waals surface area contributed by atoms with Crippen LogP contribution in [0.2, 0.25) is 0 Å². The van der Waals surface area contributed by atoms with Gasteiger partial charge in [0.15, 0.2) is 0 Å². The van der Waals surface area contributed by atoms with E-state index in [0.29, 0.717) is 17.0 Å². The highest BCUT2D eigenvalue weighted by Gasteiger charge is 2.25. The van der Waals surface area contributed by atoms with E-state index in [1.807, 2.05) is 0 Å². The summed E-state index contributed by atoms with van der Waals surface area (Å²) in [7, 11) is 1.44. The lowest BCUT2D eigenvalue weighted by molar-refractivity contribution is -0.153. The number of ether oxygens (including phenoxy) is 2. The molecule has 2 N–H and O–H groups in total. The molecule has 0 heterocycles. The Morgan fingerprint density at radius 2 is 1.56 bits per heavy atom. The summed E-state index contributed by atoms with van der Waals surface area (Å²) in [5.74, 6) is -2.03. The summed E-state index contributed by atoms with van der Waals surface area (Å²) in [5.41, 5.74) is 1.05. The second-order valence-electron chi connectivity index (χ2n) is 6.66. The Bertz CT molecular complexity index is 1090. The zero-order chi connectivity index (χ0) is 22.9. The van der Waals surface area contributed by atoms with Crippen molar-refractivity contribution < 1.29 is 28.2 Å². The van der Waals surface area contributed by atoms with Gasteiger partial charge in [-0.15, -0.1) is 0 Å². The Hall–Kier alpha value is -4.20. The number of methoxy groups -OCH3 is 1. The summed E-state index contributed by atoms with van der Waals surface area (Å²) in [5, 5.41) is 5.05. The van der Waals surface area contributed by atoms with Crippen LogP contribution in [-0.4, -0.2) is 31.4 Å². The molecule has 0 aromatic heterocycles. The van der Waals surface area contributed by atoms with E-state index in [4.69, 9.17) is 9.47 Å². The topological polar surface area (TPSA) is 93.7 Å². The van der Waals surface area contributed by atoms with Crippen LogP contribution in [0.1, 0.15) is 22.0 Å². The van der Waals surface area contributed by atoms with Gasteiger partial charge in [-0.05, 0) is 36.4 Å². The molecule has 1 atom stereocenters. The normalized spacial score (nSPS) is 11.2. The van der Waals surface area contributed by atoms with Crippen LogP contribution in [0, 0.1) is 5.82 Å². The molecule has 32 heavy (non-hydrogen) atoms. The van der Waals surface area contributed by atoms with Crippen molar-refractivity contribution in [1.29, 1.82) is 0 Å². The van der Waals surface area contributed by atoms with Crippen molar-refractivity contribution in [2.75, 3.05) is 19.0 Å². The van der Waals surface area contributed by atoms with E-state index in [1.165, 1.54) is 31.4 Å². The molecule has 0 saturated heterocycles. The largest absolute Gasteiger partial charge is 0.496 e. The highest BCUT2D eigenvalue weighted by atomic mass is 19.1. The maximum atomic E-state index is 13.1. The van der Waals surface area contributed by atoms with Crippen LogP contribution < -0.4 is 15.4 Å². The SMILES string of the molecule is COc1ccccc1C(=O)NCC(=O)OC(C(=O)Nc1ccc(F)cc1)c1ccccc1. The molecule has 3 aromatic rings. The Morgan fingerprint density at radius 1 is 0.906 bits per heavy atom. The average Bonchev–Trinajstić information content (AvgIpc) is 2.82. The minimum Gasteiger partial charge on any atom is -0.496 e. The second kappa shape index (κ2) is 10.7. The van der Waals surface area contributed by atoms with Crippen LogP contribution >= 0.6 is 0 Å². The summed E-state index contributed by atoms with van der Waals surface area (Å²) in [6, 6.07) is 20.2. The number of amides is 2. The average molecular weight is 436 g/mol. The highest BCUT2D eigenvalue weighted by molar-refractivity contribution is 5.99. The lowest BCUT2D eigenvalue weighted by atomic mass is 10.1. The van der Waals surface area contributed by atoms with Gasteiger partial charge in [0.05, 0.1) is 12.7 Å². The van der Waals surface area contributed by atoms with E-state index in [-0.39, 0.29) is 5.56 Å². The van der Waals surface area contributed by atoms with E-state index >= 15 is 0 Å². The summed E-state index contributed by atoms with van der Waals surface area (Å²) in [6.07, 6.45) is -1.27. The first-order valence-corrected chi connectivity index (χ1v) is 9.70. The Balaban J connectivity index is 1.67. The number of nitrogens with one attached hydrogen (secondary N) is 2. The maximum Gasteiger partial charge on any atom is 0.326 e. The number of benzene rings is 3. The summed E-state index contributed by atoms with van der Waals surface area (Å²) in [6.45, 7) is -0.454. The molecule has 7 nitrogen and oxygen atoms in total. The predicted molar refractivity (Wildman–Crippen MR) is 116 cm³/mol. The fraction of sp³-hybridized carbons (Fsp3) is 0.125. The maximum absolute atomic E-state index is 13.1. The summed E-state index contributed by atoms with van der Waals surface area (Å²) >= 11 is 0. The Labute approximate surface area is 184 Å². The van der Waals surface area contributed by atoms with Crippen LogP contribution in [0.15, 0.2) is 78.9 Å². The van der Waals surface area contributed by atoms with Gasteiger partial charge < -0.3 is 20.1 Å². The molecule has 0 fully saturated rings. The third-order valence-corrected chi connectivity index (χ3v) is 4.45. The van der Waals surface area contributed by atoms with E-state index in [2.05, 4.69) is 10.6 Å². The number of halogens is 1. The van der Waals surface area contributed by atoms with E-state index < -0.39 is 36.2 Å². The van der Waals surface area contributed by atoms with Crippen LogP contribution in [0.25, 0.3) is 0 Å². The lowest BCUT2D eigenvalue weighted by Crippen LogP contribution is -2.33. The smallest absolute Gasteiger partial charge is 0.326 e. The molecular formula is C24H21FN2O5. The van der Waals surface area contributed by atoms with Crippen LogP contribution in [0.4, 0.5) is 10.1 Å². The molecule has 0 saturated carbocycles. The fourth-order valence-electron chi connectivity index (χ4n) is 2.89. The monoisotopic (exact) mass is 436 g/mol. The van der Waals surface area contributed by atoms with Gasteiger partial charge in [0.1, 0.15) is 18.1 Å². The molecule has 3 rings (SSSR count). The first-order valence-electron chi connectivity index (χ1n) is 9.70. The van der Waals surface area contributed by atoms with Gasteiger partial charge in [-0.25, -0.2) is 4.39 Å². The number of esters is 1. The van der Waals surface area contributed by atoms with Gasteiger partial charge in [-0.2, -0.15) is 0 Å². The number of carbonyl (C=O) groups is 3. The van der Waals surface area contributed by atoms with Gasteiger partial charge in [0, 0.05) is 11.3 Å². The van der Waals surface area contributed by atoms with Crippen molar-refractivity contribution in [2.24, 2.45) is 0 Å². The molecule has 0 aliphatic heterocycles. The number of carbonyl (C=O) groups excluding carboxylic acids is 3. The number of rotatable bonds is 8. The molecular weight excluding hydrogens is 415 g/mol. The third-order valence-electron chi connectivity index (χ3n) is 4.45. The van der Waals surface area contributed by atoms with Crippen molar-refractivity contribution in [2.45, 2.75) is 6.10 Å². The number of hydrogen-bond donors (Lipinski definition) is 2. The van der Waals surface area contributed by atoms with Crippen molar-refractivity contribution in [3.63, 3.8) is 0 Å². The van der Waals surface area contributed by atoms with Crippen molar-refractivity contribution >= 4 is 23.5 Å². The van der Waals surface area contributed by atoms with E-state index in [1.54, 1.807) is 54.6 Å².